The summed E-state index contributed by atoms with van der Waals surface area (Å²) in [6, 6.07) is 13.0. The quantitative estimate of drug-likeness (QED) is 0.880. The van der Waals surface area contributed by atoms with Crippen molar-refractivity contribution in [3.05, 3.63) is 59.8 Å². The number of fused-ring (bicyclic) bond motifs is 1. The number of aliphatic imine (C=N–C) groups is 1. The Kier molecular flexibility index (Phi) is 4.25. The molecule has 2 aromatic rings. The van der Waals surface area contributed by atoms with E-state index < -0.39 is 11.7 Å². The van der Waals surface area contributed by atoms with Crippen molar-refractivity contribution < 1.29 is 9.59 Å². The highest BCUT2D eigenvalue weighted by Gasteiger charge is 2.28. The molecular weight excluding hydrogens is 302 g/mol. The zero-order valence-electron chi connectivity index (χ0n) is 13.7. The van der Waals surface area contributed by atoms with Gasteiger partial charge in [-0.15, -0.1) is 0 Å². The molecular formula is C19H19N3O2. The summed E-state index contributed by atoms with van der Waals surface area (Å²) in [7, 11) is 0. The predicted octanol–water partition coefficient (Wildman–Crippen LogP) is 2.80. The van der Waals surface area contributed by atoms with Gasteiger partial charge in [0.15, 0.2) is 0 Å². The van der Waals surface area contributed by atoms with Crippen LogP contribution in [0.5, 0.6) is 0 Å². The van der Waals surface area contributed by atoms with Crippen LogP contribution in [0.3, 0.4) is 0 Å². The average Bonchev–Trinajstić information content (AvgIpc) is 2.54. The Morgan fingerprint density at radius 2 is 1.88 bits per heavy atom. The first-order valence-electron chi connectivity index (χ1n) is 7.87. The van der Waals surface area contributed by atoms with Gasteiger partial charge < -0.3 is 5.32 Å². The zero-order valence-corrected chi connectivity index (χ0v) is 13.7. The molecule has 1 N–H and O–H groups in total. The van der Waals surface area contributed by atoms with Crippen LogP contribution >= 0.6 is 0 Å². The molecule has 0 unspecified atom stereocenters. The monoisotopic (exact) mass is 321 g/mol. The fraction of sp³-hybridized carbons (Fsp3) is 0.263. The molecule has 1 aromatic heterocycles. The maximum Gasteiger partial charge on any atom is 0.293 e. The van der Waals surface area contributed by atoms with Crippen molar-refractivity contribution in [2.24, 2.45) is 4.99 Å². The van der Waals surface area contributed by atoms with E-state index in [1.807, 2.05) is 38.1 Å². The van der Waals surface area contributed by atoms with Crippen LogP contribution in [0.25, 0.3) is 0 Å². The first kappa shape index (κ1) is 16.1. The maximum atomic E-state index is 12.3. The molecule has 5 heteroatoms. The molecule has 0 radical (unpaired) electrons. The Labute approximate surface area is 140 Å². The molecule has 3 rings (SSSR count). The normalized spacial score (nSPS) is 15.2. The second kappa shape index (κ2) is 6.35. The van der Waals surface area contributed by atoms with E-state index in [0.717, 1.165) is 17.5 Å². The van der Waals surface area contributed by atoms with Crippen molar-refractivity contribution in [3.8, 4) is 0 Å². The van der Waals surface area contributed by atoms with Crippen molar-refractivity contribution in [1.82, 2.24) is 4.98 Å². The minimum atomic E-state index is -0.669. The fourth-order valence-corrected chi connectivity index (χ4v) is 2.88. The Morgan fingerprint density at radius 3 is 2.62 bits per heavy atom. The molecule has 0 atom stereocenters. The van der Waals surface area contributed by atoms with Gasteiger partial charge in [-0.2, -0.15) is 0 Å². The number of hydrogen-bond acceptors (Lipinski definition) is 4. The number of pyridine rings is 1. The van der Waals surface area contributed by atoms with Crippen molar-refractivity contribution >= 4 is 23.2 Å². The third-order valence-electron chi connectivity index (χ3n) is 3.88. The first-order valence-corrected chi connectivity index (χ1v) is 7.87. The van der Waals surface area contributed by atoms with Crippen LogP contribution in [0, 0.1) is 0 Å². The minimum Gasteiger partial charge on any atom is -0.304 e. The maximum absolute atomic E-state index is 12.3. The van der Waals surface area contributed by atoms with E-state index in [4.69, 9.17) is 0 Å². The van der Waals surface area contributed by atoms with Crippen LogP contribution in [0.15, 0.2) is 53.7 Å². The molecule has 1 aromatic carbocycles. The predicted molar refractivity (Wildman–Crippen MR) is 93.3 cm³/mol. The first-order chi connectivity index (χ1) is 11.4. The molecule has 0 saturated heterocycles. The van der Waals surface area contributed by atoms with E-state index in [-0.39, 0.29) is 12.0 Å². The SMILES string of the molecule is CC1(C)Cc2ccccc2C(CC(=O)C(=O)Nc2ccccn2)=N1. The number of hydrogen-bond donors (Lipinski definition) is 1. The second-order valence-electron chi connectivity index (χ2n) is 6.47. The van der Waals surface area contributed by atoms with Gasteiger partial charge in [0.05, 0.1) is 17.7 Å². The van der Waals surface area contributed by atoms with Gasteiger partial charge in [0.25, 0.3) is 5.91 Å². The number of ketones is 1. The number of nitrogens with one attached hydrogen (secondary N) is 1. The topological polar surface area (TPSA) is 71.4 Å². The summed E-state index contributed by atoms with van der Waals surface area (Å²) in [5, 5.41) is 2.52. The number of Topliss-reactive ketones (excluding diaryl/α,β-unsaturated/α-hetero) is 1. The zero-order chi connectivity index (χ0) is 17.2. The van der Waals surface area contributed by atoms with Crippen LogP contribution in [0.4, 0.5) is 5.82 Å². The van der Waals surface area contributed by atoms with Gasteiger partial charge >= 0.3 is 0 Å². The van der Waals surface area contributed by atoms with Gasteiger partial charge in [-0.05, 0) is 43.5 Å². The number of carbonyl (C=O) groups excluding carboxylic acids is 2. The molecule has 1 amide bonds. The van der Waals surface area contributed by atoms with E-state index in [1.54, 1.807) is 24.4 Å². The number of rotatable bonds is 4. The fourth-order valence-electron chi connectivity index (χ4n) is 2.88. The number of anilines is 1. The molecule has 0 bridgehead atoms. The van der Waals surface area contributed by atoms with Gasteiger partial charge in [0.2, 0.25) is 5.78 Å². The number of nitrogens with zero attached hydrogens (tertiary/aromatic N) is 2. The van der Waals surface area contributed by atoms with Crippen LogP contribution in [0.2, 0.25) is 0 Å². The summed E-state index contributed by atoms with van der Waals surface area (Å²) in [6.07, 6.45) is 2.37. The van der Waals surface area contributed by atoms with Gasteiger partial charge in [0.1, 0.15) is 5.82 Å². The highest BCUT2D eigenvalue weighted by Crippen LogP contribution is 2.27. The smallest absolute Gasteiger partial charge is 0.293 e. The van der Waals surface area contributed by atoms with Gasteiger partial charge in [0, 0.05) is 6.20 Å². The molecule has 0 saturated carbocycles. The number of benzene rings is 1. The second-order valence-corrected chi connectivity index (χ2v) is 6.47. The van der Waals surface area contributed by atoms with Gasteiger partial charge in [-0.25, -0.2) is 4.98 Å². The van der Waals surface area contributed by atoms with Gasteiger partial charge in [-0.1, -0.05) is 30.3 Å². The molecule has 122 valence electrons. The largest absolute Gasteiger partial charge is 0.304 e. The Hall–Kier alpha value is -2.82. The summed E-state index contributed by atoms with van der Waals surface area (Å²) in [5.41, 5.74) is 2.51. The van der Waals surface area contributed by atoms with E-state index in [2.05, 4.69) is 15.3 Å². The minimum absolute atomic E-state index is 0.0148. The van der Waals surface area contributed by atoms with Crippen LogP contribution in [-0.2, 0) is 16.0 Å². The number of amides is 1. The third kappa shape index (κ3) is 3.56. The molecule has 5 nitrogen and oxygen atoms in total. The van der Waals surface area contributed by atoms with E-state index in [9.17, 15) is 9.59 Å². The summed E-state index contributed by atoms with van der Waals surface area (Å²) >= 11 is 0. The molecule has 0 fully saturated rings. The summed E-state index contributed by atoms with van der Waals surface area (Å²) in [4.78, 5) is 33.1. The summed E-state index contributed by atoms with van der Waals surface area (Å²) in [5.74, 6) is -0.827. The lowest BCUT2D eigenvalue weighted by Crippen LogP contribution is -2.32. The highest BCUT2D eigenvalue weighted by atomic mass is 16.2. The van der Waals surface area contributed by atoms with Crippen LogP contribution < -0.4 is 5.32 Å². The summed E-state index contributed by atoms with van der Waals surface area (Å²) in [6.45, 7) is 4.06. The Balaban J connectivity index is 1.78. The average molecular weight is 321 g/mol. The molecule has 24 heavy (non-hydrogen) atoms. The van der Waals surface area contributed by atoms with Crippen molar-refractivity contribution in [2.45, 2.75) is 32.2 Å². The highest BCUT2D eigenvalue weighted by molar-refractivity contribution is 6.44. The van der Waals surface area contributed by atoms with Gasteiger partial charge in [-0.3, -0.25) is 14.6 Å². The lowest BCUT2D eigenvalue weighted by molar-refractivity contribution is -0.134. The van der Waals surface area contributed by atoms with E-state index in [1.165, 1.54) is 0 Å². The Morgan fingerprint density at radius 1 is 1.12 bits per heavy atom. The van der Waals surface area contributed by atoms with E-state index >= 15 is 0 Å². The van der Waals surface area contributed by atoms with Crippen LogP contribution in [-0.4, -0.2) is 27.9 Å². The number of aromatic nitrogens is 1. The number of carbonyl (C=O) groups is 2. The molecule has 1 aliphatic heterocycles. The molecule has 1 aliphatic rings. The molecule has 0 spiro atoms. The summed E-state index contributed by atoms with van der Waals surface area (Å²) < 4.78 is 0. The van der Waals surface area contributed by atoms with E-state index in [0.29, 0.717) is 11.5 Å². The lowest BCUT2D eigenvalue weighted by atomic mass is 9.85. The van der Waals surface area contributed by atoms with Crippen molar-refractivity contribution in [1.29, 1.82) is 0 Å². The standard InChI is InChI=1S/C19H19N3O2/c1-19(2)12-13-7-3-4-8-14(13)15(22-19)11-16(23)18(24)21-17-9-5-6-10-20-17/h3-10H,11-12H2,1-2H3,(H,20,21,24). The van der Waals surface area contributed by atoms with Crippen LogP contribution in [0.1, 0.15) is 31.4 Å². The Bertz CT molecular complexity index is 810. The third-order valence-corrected chi connectivity index (χ3v) is 3.88. The van der Waals surface area contributed by atoms with Crippen molar-refractivity contribution in [2.75, 3.05) is 5.32 Å². The lowest BCUT2D eigenvalue weighted by Gasteiger charge is -2.28. The molecule has 2 heterocycles. The molecule has 0 aliphatic carbocycles. The van der Waals surface area contributed by atoms with Crippen molar-refractivity contribution in [3.63, 3.8) is 0 Å².